The van der Waals surface area contributed by atoms with Crippen LogP contribution in [0, 0.1) is 0 Å². The van der Waals surface area contributed by atoms with Gasteiger partial charge in [0.25, 0.3) is 0 Å². The van der Waals surface area contributed by atoms with Gasteiger partial charge in [0.15, 0.2) is 5.65 Å². The van der Waals surface area contributed by atoms with E-state index in [1.54, 1.807) is 24.3 Å². The Morgan fingerprint density at radius 2 is 2.00 bits per heavy atom. The number of hydrogen-bond donors (Lipinski definition) is 1. The van der Waals surface area contributed by atoms with Crippen molar-refractivity contribution in [2.45, 2.75) is 17.2 Å². The molecular formula is C13H11ClN4S. The van der Waals surface area contributed by atoms with E-state index < -0.39 is 0 Å². The predicted molar refractivity (Wildman–Crippen MR) is 77.4 cm³/mol. The summed E-state index contributed by atoms with van der Waals surface area (Å²) in [6.45, 7) is 2.14. The molecule has 0 aliphatic rings. The molecule has 0 fully saturated rings. The Balaban J connectivity index is 1.88. The van der Waals surface area contributed by atoms with Crippen molar-refractivity contribution in [1.29, 1.82) is 0 Å². The smallest absolute Gasteiger partial charge is 0.159 e. The van der Waals surface area contributed by atoms with Crippen LogP contribution in [0.5, 0.6) is 0 Å². The number of rotatable bonds is 3. The lowest BCUT2D eigenvalue weighted by molar-refractivity contribution is 1.05. The summed E-state index contributed by atoms with van der Waals surface area (Å²) >= 11 is 7.58. The van der Waals surface area contributed by atoms with Crippen LogP contribution >= 0.6 is 23.4 Å². The molecule has 0 saturated heterocycles. The first-order chi connectivity index (χ1) is 9.24. The van der Waals surface area contributed by atoms with Gasteiger partial charge in [-0.1, -0.05) is 35.5 Å². The third-order valence-corrected chi connectivity index (χ3v) is 4.27. The Bertz CT molecular complexity index is 695. The maximum Gasteiger partial charge on any atom is 0.159 e. The highest BCUT2D eigenvalue weighted by atomic mass is 35.5. The zero-order valence-electron chi connectivity index (χ0n) is 10.2. The van der Waals surface area contributed by atoms with Gasteiger partial charge in [-0.25, -0.2) is 9.97 Å². The summed E-state index contributed by atoms with van der Waals surface area (Å²) < 4.78 is 0. The van der Waals surface area contributed by atoms with Crippen molar-refractivity contribution in [2.75, 3.05) is 0 Å². The van der Waals surface area contributed by atoms with Gasteiger partial charge in [0.2, 0.25) is 0 Å². The predicted octanol–water partition coefficient (Wildman–Crippen LogP) is 3.86. The number of aromatic amines is 1. The van der Waals surface area contributed by atoms with Crippen LogP contribution < -0.4 is 0 Å². The first kappa shape index (κ1) is 12.4. The fourth-order valence-electron chi connectivity index (χ4n) is 1.81. The van der Waals surface area contributed by atoms with Crippen molar-refractivity contribution < 1.29 is 0 Å². The highest BCUT2D eigenvalue weighted by Gasteiger charge is 2.12. The van der Waals surface area contributed by atoms with Gasteiger partial charge in [0.1, 0.15) is 11.4 Å². The molecule has 4 nitrogen and oxygen atoms in total. The Hall–Kier alpha value is -1.59. The van der Waals surface area contributed by atoms with Crippen LogP contribution in [0.3, 0.4) is 0 Å². The quantitative estimate of drug-likeness (QED) is 0.588. The number of H-pyrrole nitrogens is 1. The molecule has 0 aliphatic carbocycles. The third-order valence-electron chi connectivity index (χ3n) is 2.84. The molecule has 2 aromatic heterocycles. The van der Waals surface area contributed by atoms with Gasteiger partial charge < -0.3 is 0 Å². The second-order valence-corrected chi connectivity index (χ2v) is 5.89. The topological polar surface area (TPSA) is 54.5 Å². The minimum absolute atomic E-state index is 0.283. The van der Waals surface area contributed by atoms with Crippen molar-refractivity contribution in [3.63, 3.8) is 0 Å². The van der Waals surface area contributed by atoms with Crippen LogP contribution in [0.25, 0.3) is 11.0 Å². The van der Waals surface area contributed by atoms with E-state index in [9.17, 15) is 0 Å². The summed E-state index contributed by atoms with van der Waals surface area (Å²) in [7, 11) is 0. The van der Waals surface area contributed by atoms with Gasteiger partial charge in [0.05, 0.1) is 11.6 Å². The molecule has 1 atom stereocenters. The molecule has 6 heteroatoms. The average Bonchev–Trinajstić information content (AvgIpc) is 2.89. The van der Waals surface area contributed by atoms with Gasteiger partial charge in [0, 0.05) is 10.3 Å². The largest absolute Gasteiger partial charge is 0.261 e. The first-order valence-corrected chi connectivity index (χ1v) is 7.06. The van der Waals surface area contributed by atoms with E-state index in [0.29, 0.717) is 0 Å². The van der Waals surface area contributed by atoms with Crippen LogP contribution in [0.1, 0.15) is 17.7 Å². The van der Waals surface area contributed by atoms with Gasteiger partial charge in [-0.2, -0.15) is 5.10 Å². The van der Waals surface area contributed by atoms with Crippen LogP contribution in [0.4, 0.5) is 0 Å². The third kappa shape index (κ3) is 2.57. The van der Waals surface area contributed by atoms with Crippen molar-refractivity contribution in [2.24, 2.45) is 0 Å². The van der Waals surface area contributed by atoms with Gasteiger partial charge in [-0.3, -0.25) is 5.10 Å². The number of nitrogens with one attached hydrogen (secondary N) is 1. The fraction of sp³-hybridized carbons (Fsp3) is 0.154. The van der Waals surface area contributed by atoms with Crippen molar-refractivity contribution in [3.05, 3.63) is 47.4 Å². The minimum Gasteiger partial charge on any atom is -0.261 e. The summed E-state index contributed by atoms with van der Waals surface area (Å²) in [5, 5.41) is 9.76. The molecule has 0 radical (unpaired) electrons. The van der Waals surface area contributed by atoms with E-state index in [2.05, 4.69) is 27.1 Å². The minimum atomic E-state index is 0.283. The molecule has 0 spiro atoms. The Labute approximate surface area is 119 Å². The molecule has 1 aromatic carbocycles. The fourth-order valence-corrected chi connectivity index (χ4v) is 2.94. The van der Waals surface area contributed by atoms with E-state index in [0.717, 1.165) is 21.1 Å². The zero-order chi connectivity index (χ0) is 13.2. The summed E-state index contributed by atoms with van der Waals surface area (Å²) in [6, 6.07) is 7.88. The molecule has 1 N–H and O–H groups in total. The highest BCUT2D eigenvalue weighted by Crippen LogP contribution is 2.36. The molecule has 2 heterocycles. The number of hydrogen-bond acceptors (Lipinski definition) is 4. The Morgan fingerprint density at radius 3 is 2.79 bits per heavy atom. The normalized spacial score (nSPS) is 12.7. The number of halogens is 1. The van der Waals surface area contributed by atoms with Crippen molar-refractivity contribution in [3.8, 4) is 0 Å². The SMILES string of the molecule is CC(Sc1ncnc2[nH]ncc12)c1ccc(Cl)cc1. The molecule has 0 amide bonds. The van der Waals surface area contributed by atoms with E-state index >= 15 is 0 Å². The molecule has 19 heavy (non-hydrogen) atoms. The summed E-state index contributed by atoms with van der Waals surface area (Å²) in [4.78, 5) is 8.46. The van der Waals surface area contributed by atoms with Gasteiger partial charge in [-0.05, 0) is 24.6 Å². The van der Waals surface area contributed by atoms with Crippen molar-refractivity contribution >= 4 is 34.4 Å². The molecule has 3 rings (SSSR count). The number of thioether (sulfide) groups is 1. The Morgan fingerprint density at radius 1 is 1.21 bits per heavy atom. The molecule has 3 aromatic rings. The zero-order valence-corrected chi connectivity index (χ0v) is 11.7. The summed E-state index contributed by atoms with van der Waals surface area (Å²) in [5.41, 5.74) is 1.98. The molecule has 1 unspecified atom stereocenters. The standard InChI is InChI=1S/C13H11ClN4S/c1-8(9-2-4-10(14)5-3-9)19-13-11-6-17-18-12(11)15-7-16-13/h2-8H,1H3,(H,15,16,17,18). The van der Waals surface area contributed by atoms with Crippen LogP contribution in [-0.2, 0) is 0 Å². The van der Waals surface area contributed by atoms with E-state index in [4.69, 9.17) is 11.6 Å². The number of nitrogens with zero attached hydrogens (tertiary/aromatic N) is 3. The summed E-state index contributed by atoms with van der Waals surface area (Å²) in [5.74, 6) is 0. The second kappa shape index (κ2) is 5.19. The lowest BCUT2D eigenvalue weighted by Gasteiger charge is -2.11. The maximum absolute atomic E-state index is 5.90. The number of fused-ring (bicyclic) bond motifs is 1. The lowest BCUT2D eigenvalue weighted by Crippen LogP contribution is -1.91. The van der Waals surface area contributed by atoms with E-state index in [1.165, 1.54) is 5.56 Å². The average molecular weight is 291 g/mol. The van der Waals surface area contributed by atoms with Gasteiger partial charge >= 0.3 is 0 Å². The Kier molecular flexibility index (Phi) is 3.40. The summed E-state index contributed by atoms with van der Waals surface area (Å²) in [6.07, 6.45) is 3.31. The first-order valence-electron chi connectivity index (χ1n) is 5.80. The lowest BCUT2D eigenvalue weighted by atomic mass is 10.2. The van der Waals surface area contributed by atoms with E-state index in [-0.39, 0.29) is 5.25 Å². The maximum atomic E-state index is 5.90. The van der Waals surface area contributed by atoms with Crippen LogP contribution in [0.2, 0.25) is 5.02 Å². The van der Waals surface area contributed by atoms with Crippen LogP contribution in [-0.4, -0.2) is 20.2 Å². The molecule has 0 bridgehead atoms. The number of aromatic nitrogens is 4. The second-order valence-electron chi connectivity index (χ2n) is 4.12. The van der Waals surface area contributed by atoms with Gasteiger partial charge in [-0.15, -0.1) is 0 Å². The van der Waals surface area contributed by atoms with E-state index in [1.807, 2.05) is 24.3 Å². The molecule has 0 saturated carbocycles. The molecular weight excluding hydrogens is 280 g/mol. The highest BCUT2D eigenvalue weighted by molar-refractivity contribution is 7.99. The number of benzene rings is 1. The van der Waals surface area contributed by atoms with Crippen LogP contribution in [0.15, 0.2) is 41.8 Å². The molecule has 0 aliphatic heterocycles. The van der Waals surface area contributed by atoms with Crippen molar-refractivity contribution in [1.82, 2.24) is 20.2 Å². The monoisotopic (exact) mass is 290 g/mol. The molecule has 96 valence electrons.